The fourth-order valence-electron chi connectivity index (χ4n) is 3.13. The number of aryl methyl sites for hydroxylation is 1. The van der Waals surface area contributed by atoms with Gasteiger partial charge in [-0.1, -0.05) is 24.3 Å². The van der Waals surface area contributed by atoms with Gasteiger partial charge in [-0.15, -0.1) is 0 Å². The zero-order valence-electron chi connectivity index (χ0n) is 20.7. The summed E-state index contributed by atoms with van der Waals surface area (Å²) >= 11 is 0. The second-order valence-corrected chi connectivity index (χ2v) is 7.91. The molecule has 0 aliphatic rings. The molecule has 0 atom stereocenters. The number of carbonyl (C=O) groups excluding carboxylic acids is 3. The van der Waals surface area contributed by atoms with Crippen LogP contribution in [-0.2, 0) is 9.53 Å². The van der Waals surface area contributed by atoms with E-state index in [-0.39, 0.29) is 17.9 Å². The van der Waals surface area contributed by atoms with Crippen LogP contribution in [0, 0.1) is 6.92 Å². The van der Waals surface area contributed by atoms with E-state index in [4.69, 9.17) is 23.7 Å². The highest BCUT2D eigenvalue weighted by Gasteiger charge is 2.15. The highest BCUT2D eigenvalue weighted by Crippen LogP contribution is 2.29. The van der Waals surface area contributed by atoms with Crippen LogP contribution in [0.2, 0.25) is 0 Å². The van der Waals surface area contributed by atoms with E-state index < -0.39 is 17.9 Å². The fraction of sp³-hybridized carbons (Fsp3) is 0.207. The Balaban J connectivity index is 1.52. The molecule has 8 heteroatoms. The average molecular weight is 505 g/mol. The van der Waals surface area contributed by atoms with E-state index in [1.807, 2.05) is 19.1 Å². The normalized spacial score (nSPS) is 10.2. The highest BCUT2D eigenvalue weighted by atomic mass is 16.5. The van der Waals surface area contributed by atoms with Gasteiger partial charge in [-0.2, -0.15) is 0 Å². The number of ether oxygens (including phenoxy) is 5. The Morgan fingerprint density at radius 3 is 1.95 bits per heavy atom. The molecule has 37 heavy (non-hydrogen) atoms. The minimum absolute atomic E-state index is 0.267. The van der Waals surface area contributed by atoms with Gasteiger partial charge in [0.2, 0.25) is 0 Å². The molecule has 0 fully saturated rings. The van der Waals surface area contributed by atoms with Crippen LogP contribution >= 0.6 is 0 Å². The zero-order valence-corrected chi connectivity index (χ0v) is 20.7. The van der Waals surface area contributed by atoms with Crippen molar-refractivity contribution in [3.8, 4) is 23.0 Å². The van der Waals surface area contributed by atoms with Gasteiger partial charge in [0.15, 0.2) is 11.5 Å². The zero-order chi connectivity index (χ0) is 26.6. The molecule has 0 heterocycles. The van der Waals surface area contributed by atoms with E-state index in [2.05, 4.69) is 6.58 Å². The van der Waals surface area contributed by atoms with Gasteiger partial charge in [-0.25, -0.2) is 14.4 Å². The number of rotatable bonds is 12. The lowest BCUT2D eigenvalue weighted by molar-refractivity contribution is -0.137. The molecule has 0 saturated heterocycles. The maximum atomic E-state index is 12.6. The average Bonchev–Trinajstić information content (AvgIpc) is 2.92. The standard InChI is InChI=1S/C29H28O8/c1-4-27(30)35-18-6-5-17-34-25-16-11-22(19-26(25)33-3)29(32)37-24-14-9-21(10-15-24)28(31)36-23-12-7-20(2)8-13-23/h4,7-16,19H,1,5-6,17-18H2,2-3H3. The molecule has 0 amide bonds. The van der Waals surface area contributed by atoms with Gasteiger partial charge in [-0.05, 0) is 74.4 Å². The maximum absolute atomic E-state index is 12.6. The lowest BCUT2D eigenvalue weighted by Crippen LogP contribution is -2.11. The summed E-state index contributed by atoms with van der Waals surface area (Å²) in [6, 6.07) is 17.9. The van der Waals surface area contributed by atoms with Crippen LogP contribution in [0.3, 0.4) is 0 Å². The monoisotopic (exact) mass is 504 g/mol. The molecule has 8 nitrogen and oxygen atoms in total. The quantitative estimate of drug-likeness (QED) is 0.141. The Hall–Kier alpha value is -4.59. The lowest BCUT2D eigenvalue weighted by atomic mass is 10.2. The third-order valence-corrected chi connectivity index (χ3v) is 5.14. The first-order valence-electron chi connectivity index (χ1n) is 11.6. The van der Waals surface area contributed by atoms with Gasteiger partial charge in [-0.3, -0.25) is 0 Å². The van der Waals surface area contributed by atoms with Crippen LogP contribution in [-0.4, -0.2) is 38.2 Å². The van der Waals surface area contributed by atoms with E-state index in [0.717, 1.165) is 11.6 Å². The number of benzene rings is 3. The second kappa shape index (κ2) is 13.5. The largest absolute Gasteiger partial charge is 0.493 e. The van der Waals surface area contributed by atoms with Crippen molar-refractivity contribution >= 4 is 17.9 Å². The van der Waals surface area contributed by atoms with Gasteiger partial charge in [0.1, 0.15) is 11.5 Å². The fourth-order valence-corrected chi connectivity index (χ4v) is 3.13. The van der Waals surface area contributed by atoms with E-state index in [1.54, 1.807) is 24.3 Å². The molecule has 0 saturated carbocycles. The molecular formula is C29H28O8. The SMILES string of the molecule is C=CC(=O)OCCCCOc1ccc(C(=O)Oc2ccc(C(=O)Oc3ccc(C)cc3)cc2)cc1OC. The Morgan fingerprint density at radius 2 is 1.32 bits per heavy atom. The van der Waals surface area contributed by atoms with Crippen LogP contribution < -0.4 is 18.9 Å². The van der Waals surface area contributed by atoms with Gasteiger partial charge in [0.25, 0.3) is 0 Å². The van der Waals surface area contributed by atoms with E-state index in [0.29, 0.717) is 42.3 Å². The molecule has 0 bridgehead atoms. The first-order valence-corrected chi connectivity index (χ1v) is 11.6. The highest BCUT2D eigenvalue weighted by molar-refractivity contribution is 5.93. The van der Waals surface area contributed by atoms with Crippen molar-refractivity contribution in [2.45, 2.75) is 19.8 Å². The lowest BCUT2D eigenvalue weighted by Gasteiger charge is -2.12. The number of esters is 3. The minimum Gasteiger partial charge on any atom is -0.493 e. The van der Waals surface area contributed by atoms with Crippen LogP contribution in [0.1, 0.15) is 39.1 Å². The van der Waals surface area contributed by atoms with Crippen molar-refractivity contribution < 1.29 is 38.1 Å². The summed E-state index contributed by atoms with van der Waals surface area (Å²) < 4.78 is 26.7. The predicted molar refractivity (Wildman–Crippen MR) is 136 cm³/mol. The molecule has 0 N–H and O–H groups in total. The van der Waals surface area contributed by atoms with Crippen molar-refractivity contribution in [3.63, 3.8) is 0 Å². The molecule has 3 aromatic rings. The number of methoxy groups -OCH3 is 1. The van der Waals surface area contributed by atoms with E-state index >= 15 is 0 Å². The van der Waals surface area contributed by atoms with E-state index in [9.17, 15) is 14.4 Å². The Bertz CT molecular complexity index is 1230. The van der Waals surface area contributed by atoms with Crippen molar-refractivity contribution in [3.05, 3.63) is 96.1 Å². The van der Waals surface area contributed by atoms with Crippen molar-refractivity contribution in [2.24, 2.45) is 0 Å². The van der Waals surface area contributed by atoms with Gasteiger partial charge < -0.3 is 23.7 Å². The molecule has 0 spiro atoms. The molecule has 0 radical (unpaired) electrons. The molecule has 192 valence electrons. The minimum atomic E-state index is -0.594. The first-order chi connectivity index (χ1) is 17.9. The van der Waals surface area contributed by atoms with Gasteiger partial charge >= 0.3 is 17.9 Å². The molecule has 3 aromatic carbocycles. The van der Waals surface area contributed by atoms with Crippen LogP contribution in [0.4, 0.5) is 0 Å². The van der Waals surface area contributed by atoms with Crippen molar-refractivity contribution in [1.82, 2.24) is 0 Å². The molecule has 0 aliphatic carbocycles. The first kappa shape index (κ1) is 27.0. The van der Waals surface area contributed by atoms with Gasteiger partial charge in [0, 0.05) is 6.08 Å². The summed E-state index contributed by atoms with van der Waals surface area (Å²) in [7, 11) is 1.47. The van der Waals surface area contributed by atoms with Crippen molar-refractivity contribution in [2.75, 3.05) is 20.3 Å². The topological polar surface area (TPSA) is 97.4 Å². The van der Waals surface area contributed by atoms with Crippen molar-refractivity contribution in [1.29, 1.82) is 0 Å². The summed E-state index contributed by atoms with van der Waals surface area (Å²) in [4.78, 5) is 36.0. The smallest absolute Gasteiger partial charge is 0.343 e. The summed E-state index contributed by atoms with van der Waals surface area (Å²) in [5, 5.41) is 0. The molecule has 0 aliphatic heterocycles. The Labute approximate surface area is 215 Å². The van der Waals surface area contributed by atoms with Gasteiger partial charge in [0.05, 0.1) is 31.5 Å². The summed E-state index contributed by atoms with van der Waals surface area (Å²) in [6.07, 6.45) is 2.41. The molecule has 3 rings (SSSR count). The Kier molecular flexibility index (Phi) is 9.84. The number of hydrogen-bond donors (Lipinski definition) is 0. The predicted octanol–water partition coefficient (Wildman–Crippen LogP) is 5.33. The molecule has 0 unspecified atom stereocenters. The second-order valence-electron chi connectivity index (χ2n) is 7.91. The third-order valence-electron chi connectivity index (χ3n) is 5.14. The van der Waals surface area contributed by atoms with E-state index in [1.165, 1.54) is 37.4 Å². The van der Waals surface area contributed by atoms with Crippen LogP contribution in [0.5, 0.6) is 23.0 Å². The molecular weight excluding hydrogens is 476 g/mol. The number of carbonyl (C=O) groups is 3. The summed E-state index contributed by atoms with van der Waals surface area (Å²) in [5.74, 6) is 0.000438. The maximum Gasteiger partial charge on any atom is 0.343 e. The summed E-state index contributed by atoms with van der Waals surface area (Å²) in [6.45, 7) is 5.95. The third kappa shape index (κ3) is 8.24. The summed E-state index contributed by atoms with van der Waals surface area (Å²) in [5.41, 5.74) is 1.65. The Morgan fingerprint density at radius 1 is 0.757 bits per heavy atom. The number of hydrogen-bond acceptors (Lipinski definition) is 8. The van der Waals surface area contributed by atoms with Crippen LogP contribution in [0.25, 0.3) is 0 Å². The molecule has 0 aromatic heterocycles. The number of unbranched alkanes of at least 4 members (excludes halogenated alkanes) is 1. The van der Waals surface area contributed by atoms with Crippen LogP contribution in [0.15, 0.2) is 79.4 Å².